The summed E-state index contributed by atoms with van der Waals surface area (Å²) in [5.74, 6) is 0. The smallest absolute Gasteiger partial charge is 0.137 e. The number of aromatic nitrogens is 1. The van der Waals surface area contributed by atoms with Gasteiger partial charge < -0.3 is 0 Å². The van der Waals surface area contributed by atoms with Gasteiger partial charge in [0.2, 0.25) is 0 Å². The highest BCUT2D eigenvalue weighted by atomic mass is 35.5. The van der Waals surface area contributed by atoms with Crippen molar-refractivity contribution in [2.75, 3.05) is 0 Å². The minimum absolute atomic E-state index is 0.177. The molecule has 0 saturated carbocycles. The highest BCUT2D eigenvalue weighted by Crippen LogP contribution is 2.43. The summed E-state index contributed by atoms with van der Waals surface area (Å²) in [4.78, 5) is 4.37. The maximum Gasteiger partial charge on any atom is 0.137 e. The lowest BCUT2D eigenvalue weighted by atomic mass is 10.1. The van der Waals surface area contributed by atoms with Crippen molar-refractivity contribution in [3.05, 3.63) is 71.7 Å². The summed E-state index contributed by atoms with van der Waals surface area (Å²) in [6, 6.07) is 9.92. The molecule has 25 heavy (non-hydrogen) atoms. The Morgan fingerprint density at radius 1 is 0.520 bits per heavy atom. The maximum atomic E-state index is 6.36. The van der Waals surface area contributed by atoms with E-state index in [0.29, 0.717) is 52.5 Å². The predicted octanol–water partition coefficient (Wildman–Crippen LogP) is 8.99. The third kappa shape index (κ3) is 3.70. The van der Waals surface area contributed by atoms with Crippen LogP contribution in [0.4, 0.5) is 0 Å². The summed E-state index contributed by atoms with van der Waals surface area (Å²) in [6.45, 7) is 0. The second-order valence-electron chi connectivity index (χ2n) is 4.97. The second-order valence-corrected chi connectivity index (χ2v) is 7.71. The molecule has 0 unspecified atom stereocenters. The Morgan fingerprint density at radius 3 is 1.56 bits per heavy atom. The number of hydrogen-bond acceptors (Lipinski definition) is 1. The Balaban J connectivity index is 2.19. The molecule has 1 nitrogen and oxygen atoms in total. The van der Waals surface area contributed by atoms with E-state index in [-0.39, 0.29) is 5.15 Å². The van der Waals surface area contributed by atoms with Crippen molar-refractivity contribution in [2.24, 2.45) is 0 Å². The molecule has 0 bridgehead atoms. The summed E-state index contributed by atoms with van der Waals surface area (Å²) >= 11 is 43.5. The van der Waals surface area contributed by atoms with Crippen LogP contribution in [0.1, 0.15) is 0 Å². The third-order valence-corrected chi connectivity index (χ3v) is 5.99. The summed E-state index contributed by atoms with van der Waals surface area (Å²) in [6.07, 6.45) is 0. The Kier molecular flexibility index (Phi) is 5.97. The van der Waals surface area contributed by atoms with Gasteiger partial charge in [-0.05, 0) is 36.4 Å². The summed E-state index contributed by atoms with van der Waals surface area (Å²) in [5, 5.41) is 2.31. The molecule has 0 aliphatic carbocycles. The molecule has 0 aliphatic heterocycles. The molecule has 0 atom stereocenters. The number of nitrogens with zero attached hydrogens (tertiary/aromatic N) is 1. The van der Waals surface area contributed by atoms with E-state index in [0.717, 1.165) is 0 Å². The van der Waals surface area contributed by atoms with Crippen LogP contribution in [0, 0.1) is 0 Å². The third-order valence-electron chi connectivity index (χ3n) is 3.46. The molecule has 2 aromatic carbocycles. The van der Waals surface area contributed by atoms with E-state index < -0.39 is 0 Å². The van der Waals surface area contributed by atoms with Crippen LogP contribution in [0.3, 0.4) is 0 Å². The zero-order valence-corrected chi connectivity index (χ0v) is 17.3. The highest BCUT2D eigenvalue weighted by molar-refractivity contribution is 6.47. The van der Waals surface area contributed by atoms with Crippen molar-refractivity contribution >= 4 is 81.2 Å². The van der Waals surface area contributed by atoms with Crippen LogP contribution in [-0.4, -0.2) is 4.98 Å². The number of benzene rings is 2. The zero-order valence-electron chi connectivity index (χ0n) is 12.1. The molecule has 128 valence electrons. The lowest BCUT2D eigenvalue weighted by molar-refractivity contribution is 1.32. The van der Waals surface area contributed by atoms with E-state index in [2.05, 4.69) is 4.98 Å². The number of halogens is 7. The van der Waals surface area contributed by atoms with Crippen molar-refractivity contribution in [1.29, 1.82) is 0 Å². The summed E-state index contributed by atoms with van der Waals surface area (Å²) in [5.41, 5.74) is 2.01. The molecule has 1 heterocycles. The standard InChI is InChI=1S/C17H6Cl7N/c18-8-2-4-10(20)15(22)13(8)7-1-6-12(25-17(7)24)14-9(19)3-5-11(21)16(14)23/h1-6H. The fraction of sp³-hybridized carbons (Fsp3) is 0. The zero-order chi connectivity index (χ0) is 18.3. The fourth-order valence-corrected chi connectivity index (χ4v) is 4.00. The van der Waals surface area contributed by atoms with Crippen LogP contribution in [-0.2, 0) is 0 Å². The van der Waals surface area contributed by atoms with E-state index in [9.17, 15) is 0 Å². The van der Waals surface area contributed by atoms with E-state index in [1.165, 1.54) is 0 Å². The van der Waals surface area contributed by atoms with E-state index in [1.54, 1.807) is 36.4 Å². The van der Waals surface area contributed by atoms with Gasteiger partial charge in [0.25, 0.3) is 0 Å². The predicted molar refractivity (Wildman–Crippen MR) is 110 cm³/mol. The van der Waals surface area contributed by atoms with Gasteiger partial charge in [-0.1, -0.05) is 81.2 Å². The first-order valence-corrected chi connectivity index (χ1v) is 9.40. The second kappa shape index (κ2) is 7.70. The number of rotatable bonds is 2. The van der Waals surface area contributed by atoms with Gasteiger partial charge in [0, 0.05) is 16.7 Å². The van der Waals surface area contributed by atoms with Crippen molar-refractivity contribution in [1.82, 2.24) is 4.98 Å². The Labute approximate surface area is 179 Å². The van der Waals surface area contributed by atoms with Gasteiger partial charge in [-0.3, -0.25) is 0 Å². The van der Waals surface area contributed by atoms with Crippen molar-refractivity contribution in [3.8, 4) is 22.4 Å². The Hall–Kier alpha value is -0.380. The molecule has 1 aromatic heterocycles. The molecular weight excluding hydrogens is 466 g/mol. The highest BCUT2D eigenvalue weighted by Gasteiger charge is 2.18. The van der Waals surface area contributed by atoms with Crippen LogP contribution in [0.15, 0.2) is 36.4 Å². The fourth-order valence-electron chi connectivity index (χ4n) is 2.30. The molecular formula is C17H6Cl7N. The number of hydrogen-bond donors (Lipinski definition) is 0. The van der Waals surface area contributed by atoms with Crippen LogP contribution in [0.5, 0.6) is 0 Å². The van der Waals surface area contributed by atoms with Crippen LogP contribution >= 0.6 is 81.2 Å². The van der Waals surface area contributed by atoms with Crippen LogP contribution in [0.2, 0.25) is 35.3 Å². The molecule has 0 aliphatic rings. The van der Waals surface area contributed by atoms with Gasteiger partial charge in [0.15, 0.2) is 0 Å². The quantitative estimate of drug-likeness (QED) is 0.268. The molecule has 0 amide bonds. The van der Waals surface area contributed by atoms with Gasteiger partial charge in [-0.25, -0.2) is 4.98 Å². The van der Waals surface area contributed by atoms with Gasteiger partial charge in [0.1, 0.15) is 5.15 Å². The molecule has 3 rings (SSSR count). The van der Waals surface area contributed by atoms with Crippen molar-refractivity contribution in [3.63, 3.8) is 0 Å². The van der Waals surface area contributed by atoms with E-state index >= 15 is 0 Å². The largest absolute Gasteiger partial charge is 0.235 e. The molecule has 0 radical (unpaired) electrons. The number of pyridine rings is 1. The molecule has 0 spiro atoms. The van der Waals surface area contributed by atoms with Gasteiger partial charge in [-0.2, -0.15) is 0 Å². The minimum atomic E-state index is 0.177. The minimum Gasteiger partial charge on any atom is -0.235 e. The lowest BCUT2D eigenvalue weighted by Crippen LogP contribution is -1.92. The monoisotopic (exact) mass is 469 g/mol. The Bertz CT molecular complexity index is 985. The topological polar surface area (TPSA) is 12.9 Å². The first-order chi connectivity index (χ1) is 11.8. The van der Waals surface area contributed by atoms with Gasteiger partial charge in [0.05, 0.1) is 35.8 Å². The van der Waals surface area contributed by atoms with Gasteiger partial charge in [-0.15, -0.1) is 0 Å². The van der Waals surface area contributed by atoms with Crippen LogP contribution < -0.4 is 0 Å². The SMILES string of the molecule is Clc1ccc(Cl)c(-c2ccc(-c3c(Cl)ccc(Cl)c3Cl)c(Cl)n2)c1Cl. The first-order valence-electron chi connectivity index (χ1n) is 6.75. The Morgan fingerprint density at radius 2 is 1.00 bits per heavy atom. The summed E-state index contributed by atoms with van der Waals surface area (Å²) in [7, 11) is 0. The first kappa shape index (κ1) is 19.4. The average molecular weight is 472 g/mol. The molecule has 8 heteroatoms. The molecule has 0 saturated heterocycles. The van der Waals surface area contributed by atoms with Crippen LogP contribution in [0.25, 0.3) is 22.4 Å². The van der Waals surface area contributed by atoms with E-state index in [4.69, 9.17) is 81.2 Å². The summed E-state index contributed by atoms with van der Waals surface area (Å²) < 4.78 is 0. The average Bonchev–Trinajstić information content (AvgIpc) is 2.57. The van der Waals surface area contributed by atoms with Crippen molar-refractivity contribution < 1.29 is 0 Å². The lowest BCUT2D eigenvalue weighted by Gasteiger charge is -2.13. The van der Waals surface area contributed by atoms with Gasteiger partial charge >= 0.3 is 0 Å². The normalized spacial score (nSPS) is 11.0. The molecule has 0 N–H and O–H groups in total. The van der Waals surface area contributed by atoms with E-state index in [1.807, 2.05) is 0 Å². The molecule has 3 aromatic rings. The maximum absolute atomic E-state index is 6.36. The van der Waals surface area contributed by atoms with Crippen molar-refractivity contribution in [2.45, 2.75) is 0 Å². The molecule has 0 fully saturated rings.